The monoisotopic (exact) mass is 510 g/mol. The summed E-state index contributed by atoms with van der Waals surface area (Å²) in [5.41, 5.74) is 0. The van der Waals surface area contributed by atoms with E-state index in [-0.39, 0.29) is 7.11 Å². The van der Waals surface area contributed by atoms with Gasteiger partial charge in [-0.05, 0) is 0 Å². The van der Waals surface area contributed by atoms with Gasteiger partial charge in [0.05, 0.1) is 7.11 Å². The van der Waals surface area contributed by atoms with E-state index in [0.29, 0.717) is 0 Å². The minimum Gasteiger partial charge on any atom is -0.465 e. The van der Waals surface area contributed by atoms with Crippen LogP contribution in [0.5, 0.6) is 0 Å². The zero-order chi connectivity index (χ0) is 25.7. The van der Waals surface area contributed by atoms with E-state index in [2.05, 4.69) is 4.74 Å². The van der Waals surface area contributed by atoms with Gasteiger partial charge in [-0.2, -0.15) is 74.6 Å². The number of esters is 1. The highest BCUT2D eigenvalue weighted by molar-refractivity contribution is 5.78. The molecule has 2 atom stereocenters. The number of hydrogen-bond donors (Lipinski definition) is 0. The first-order chi connectivity index (χ1) is 13.1. The molecule has 0 unspecified atom stereocenters. The number of rotatable bonds is 7. The van der Waals surface area contributed by atoms with Crippen LogP contribution in [0, 0.1) is 0 Å². The van der Waals surface area contributed by atoms with E-state index >= 15 is 0 Å². The van der Waals surface area contributed by atoms with Gasteiger partial charge in [-0.15, -0.1) is 0 Å². The molecule has 21 heteroatoms. The molecule has 0 aliphatic heterocycles. The summed E-state index contributed by atoms with van der Waals surface area (Å²) >= 11 is 0. The molecule has 0 fully saturated rings. The van der Waals surface area contributed by atoms with Crippen LogP contribution in [0.25, 0.3) is 0 Å². The lowest BCUT2D eigenvalue weighted by Crippen LogP contribution is -2.68. The van der Waals surface area contributed by atoms with Crippen LogP contribution in [0.4, 0.5) is 74.6 Å². The summed E-state index contributed by atoms with van der Waals surface area (Å²) in [6, 6.07) is 0. The first kappa shape index (κ1) is 29.2. The molecule has 0 heterocycles. The average molecular weight is 510 g/mol. The van der Waals surface area contributed by atoms with Gasteiger partial charge in [0.25, 0.3) is 0 Å². The maximum atomic E-state index is 13.7. The number of carbonyl (C=O) groups excluding carboxylic acids is 1. The fraction of sp³-hybridized carbons (Fsp3) is 0.900. The van der Waals surface area contributed by atoms with Crippen molar-refractivity contribution in [2.75, 3.05) is 7.11 Å². The van der Waals surface area contributed by atoms with Crippen LogP contribution < -0.4 is 0 Å². The van der Waals surface area contributed by atoms with Gasteiger partial charge < -0.3 is 4.74 Å². The van der Waals surface area contributed by atoms with Gasteiger partial charge in [-0.1, -0.05) is 0 Å². The zero-order valence-corrected chi connectivity index (χ0v) is 13.6. The van der Waals surface area contributed by atoms with Crippen LogP contribution in [-0.4, -0.2) is 61.5 Å². The van der Waals surface area contributed by atoms with Gasteiger partial charge in [0.2, 0.25) is 0 Å². The largest absolute Gasteiger partial charge is 0.465 e. The van der Waals surface area contributed by atoms with Crippen molar-refractivity contribution in [1.82, 2.24) is 0 Å². The Kier molecular flexibility index (Phi) is 7.21. The highest BCUT2D eigenvalue weighted by Crippen LogP contribution is 2.56. The number of carbonyl (C=O) groups is 1. The van der Waals surface area contributed by atoms with E-state index in [1.54, 1.807) is 4.74 Å². The van der Waals surface area contributed by atoms with Crippen molar-refractivity contribution < 1.29 is 93.6 Å². The Hall–Kier alpha value is -1.80. The minimum absolute atomic E-state index is 0.231. The number of ether oxygens (including phenoxy) is 3. The molecule has 0 radical (unpaired) electrons. The summed E-state index contributed by atoms with van der Waals surface area (Å²) in [5.74, 6) is -26.4. The van der Waals surface area contributed by atoms with Crippen LogP contribution >= 0.6 is 0 Å². The molecular formula is C10H3F17O4. The summed E-state index contributed by atoms with van der Waals surface area (Å²) in [6.07, 6.45) is -38.5. The van der Waals surface area contributed by atoms with Gasteiger partial charge in [0.1, 0.15) is 0 Å². The topological polar surface area (TPSA) is 44.8 Å². The third-order valence-corrected chi connectivity index (χ3v) is 2.81. The van der Waals surface area contributed by atoms with Gasteiger partial charge in [0.15, 0.2) is 0 Å². The lowest BCUT2D eigenvalue weighted by atomic mass is 10.2. The number of hydrogen-bond acceptors (Lipinski definition) is 4. The molecular weight excluding hydrogens is 507 g/mol. The molecule has 0 saturated carbocycles. The van der Waals surface area contributed by atoms with Crippen molar-refractivity contribution in [3.05, 3.63) is 0 Å². The molecule has 0 N–H and O–H groups in total. The van der Waals surface area contributed by atoms with Crippen LogP contribution in [0.2, 0.25) is 0 Å². The van der Waals surface area contributed by atoms with Crippen LogP contribution in [0.3, 0.4) is 0 Å². The third kappa shape index (κ3) is 4.85. The lowest BCUT2D eigenvalue weighted by Gasteiger charge is -2.39. The Morgan fingerprint density at radius 1 is 0.548 bits per heavy atom. The lowest BCUT2D eigenvalue weighted by molar-refractivity contribution is -0.548. The third-order valence-electron chi connectivity index (χ3n) is 2.81. The summed E-state index contributed by atoms with van der Waals surface area (Å²) < 4.78 is 222. The van der Waals surface area contributed by atoms with Crippen LogP contribution in [0.15, 0.2) is 0 Å². The van der Waals surface area contributed by atoms with Crippen molar-refractivity contribution in [3.8, 4) is 0 Å². The van der Waals surface area contributed by atoms with E-state index in [9.17, 15) is 79.4 Å². The molecule has 186 valence electrons. The molecule has 0 amide bonds. The van der Waals surface area contributed by atoms with E-state index in [0.717, 1.165) is 0 Å². The zero-order valence-electron chi connectivity index (χ0n) is 13.6. The van der Waals surface area contributed by atoms with E-state index in [1.165, 1.54) is 4.74 Å². The Balaban J connectivity index is 6.69. The first-order valence-corrected chi connectivity index (χ1v) is 6.35. The van der Waals surface area contributed by atoms with Gasteiger partial charge in [-0.25, -0.2) is 4.79 Å². The van der Waals surface area contributed by atoms with Crippen molar-refractivity contribution in [3.63, 3.8) is 0 Å². The minimum atomic E-state index is -8.03. The molecule has 31 heavy (non-hydrogen) atoms. The molecule has 0 aromatic heterocycles. The smallest absolute Gasteiger partial charge is 0.462 e. The summed E-state index contributed by atoms with van der Waals surface area (Å²) in [6.45, 7) is 0. The molecule has 0 aliphatic rings. The highest BCUT2D eigenvalue weighted by atomic mass is 19.4. The van der Waals surface area contributed by atoms with Crippen LogP contribution in [0.1, 0.15) is 0 Å². The second kappa shape index (κ2) is 7.66. The summed E-state index contributed by atoms with van der Waals surface area (Å²) in [5, 5.41) is 0. The van der Waals surface area contributed by atoms with Gasteiger partial charge in [-0.3, -0.25) is 9.47 Å². The first-order valence-electron chi connectivity index (χ1n) is 6.35. The summed E-state index contributed by atoms with van der Waals surface area (Å²) in [4.78, 5) is 10.7. The highest BCUT2D eigenvalue weighted by Gasteiger charge is 2.85. The number of alkyl halides is 17. The molecule has 0 spiro atoms. The fourth-order valence-corrected chi connectivity index (χ4v) is 1.28. The SMILES string of the molecule is COC(=O)[C@@](F)(OC(F)(F)[C@](F)(OC(F)(F)C(F)(F)C(F)(F)F)C(F)(F)F)C(F)(F)F. The predicted octanol–water partition coefficient (Wildman–Crippen LogP) is 5.03. The maximum absolute atomic E-state index is 13.7. The molecule has 0 aromatic rings. The Morgan fingerprint density at radius 3 is 1.19 bits per heavy atom. The van der Waals surface area contributed by atoms with Crippen molar-refractivity contribution in [2.24, 2.45) is 0 Å². The van der Waals surface area contributed by atoms with Crippen LogP contribution in [-0.2, 0) is 19.0 Å². The van der Waals surface area contributed by atoms with E-state index in [1.807, 2.05) is 0 Å². The normalized spacial score (nSPS) is 18.9. The van der Waals surface area contributed by atoms with Crippen molar-refractivity contribution in [1.29, 1.82) is 0 Å². The molecule has 0 aromatic carbocycles. The molecule has 0 rings (SSSR count). The summed E-state index contributed by atoms with van der Waals surface area (Å²) in [7, 11) is -0.231. The predicted molar refractivity (Wildman–Crippen MR) is 54.9 cm³/mol. The Morgan fingerprint density at radius 2 is 0.935 bits per heavy atom. The molecule has 0 saturated heterocycles. The molecule has 0 bridgehead atoms. The molecule has 0 aliphatic carbocycles. The van der Waals surface area contributed by atoms with Gasteiger partial charge >= 0.3 is 54.3 Å². The number of methoxy groups -OCH3 is 1. The Labute approximate surface area is 156 Å². The quantitative estimate of drug-likeness (QED) is 0.356. The second-order valence-electron chi connectivity index (χ2n) is 4.99. The van der Waals surface area contributed by atoms with E-state index in [4.69, 9.17) is 0 Å². The van der Waals surface area contributed by atoms with Crippen molar-refractivity contribution >= 4 is 5.97 Å². The maximum Gasteiger partial charge on any atom is 0.462 e. The standard InChI is InChI=1S/C10H3F17O4/c1-29-2(28)3(11,6(15,16)17)30-10(26,27)5(14,8(21,22)23)31-9(24,25)4(12,13)7(18,19)20/h1H3/t3-,5-/m1/s1. The fourth-order valence-electron chi connectivity index (χ4n) is 1.28. The van der Waals surface area contributed by atoms with E-state index < -0.39 is 54.3 Å². The van der Waals surface area contributed by atoms with Gasteiger partial charge in [0, 0.05) is 0 Å². The second-order valence-corrected chi connectivity index (χ2v) is 4.99. The average Bonchev–Trinajstić information content (AvgIpc) is 2.49. The Bertz CT molecular complexity index is 663. The molecule has 4 nitrogen and oxygen atoms in total. The number of halogens is 17. The van der Waals surface area contributed by atoms with Crippen molar-refractivity contribution in [2.45, 2.75) is 48.4 Å².